The molecule has 0 aromatic carbocycles. The minimum absolute atomic E-state index is 0.0348. The predicted octanol–water partition coefficient (Wildman–Crippen LogP) is 4.27. The number of halogens is 4. The Hall–Kier alpha value is -3.96. The maximum Gasteiger partial charge on any atom is 0.277 e. The van der Waals surface area contributed by atoms with Crippen LogP contribution >= 0.6 is 11.6 Å². The molecule has 0 saturated carbocycles. The molecule has 0 atom stereocenters. The summed E-state index contributed by atoms with van der Waals surface area (Å²) in [7, 11) is 0. The molecule has 4 heterocycles. The average Bonchev–Trinajstić information content (AvgIpc) is 2.82. The summed E-state index contributed by atoms with van der Waals surface area (Å²) in [4.78, 5) is 34.2. The van der Waals surface area contributed by atoms with Crippen molar-refractivity contribution in [3.63, 3.8) is 0 Å². The van der Waals surface area contributed by atoms with E-state index in [1.54, 1.807) is 13.8 Å². The van der Waals surface area contributed by atoms with E-state index in [4.69, 9.17) is 16.3 Å². The van der Waals surface area contributed by atoms with Crippen molar-refractivity contribution in [1.82, 2.24) is 19.1 Å². The lowest BCUT2D eigenvalue weighted by molar-refractivity contribution is 0.0725. The molecule has 0 aliphatic carbocycles. The number of hydrogen-bond donors (Lipinski definition) is 1. The lowest BCUT2D eigenvalue weighted by Crippen LogP contribution is -2.33. The second kappa shape index (κ2) is 10.1. The van der Waals surface area contributed by atoms with Gasteiger partial charge in [0.25, 0.3) is 11.1 Å². The normalized spacial score (nSPS) is 11.6. The molecule has 0 aliphatic rings. The molecule has 0 bridgehead atoms. The second-order valence-corrected chi connectivity index (χ2v) is 9.46. The SMILES string of the molecule is Cc1cnc(-n2ccc(F)c(C(C)(C)O)c2=O)cc1-n1c(C)cc(OCc2ncc(F)cc2F)c(Cl)c1=O. The highest BCUT2D eigenvalue weighted by molar-refractivity contribution is 6.31. The van der Waals surface area contributed by atoms with E-state index in [1.165, 1.54) is 42.9 Å². The quantitative estimate of drug-likeness (QED) is 0.388. The number of aliphatic hydroxyl groups is 1. The molecule has 0 radical (unpaired) electrons. The molecule has 8 nitrogen and oxygen atoms in total. The lowest BCUT2D eigenvalue weighted by Gasteiger charge is -2.20. The highest BCUT2D eigenvalue weighted by atomic mass is 35.5. The summed E-state index contributed by atoms with van der Waals surface area (Å²) in [6, 6.07) is 4.61. The van der Waals surface area contributed by atoms with E-state index >= 15 is 0 Å². The van der Waals surface area contributed by atoms with E-state index in [9.17, 15) is 27.9 Å². The minimum atomic E-state index is -1.75. The third-order valence-corrected chi connectivity index (χ3v) is 6.10. The van der Waals surface area contributed by atoms with Crippen molar-refractivity contribution >= 4 is 11.6 Å². The summed E-state index contributed by atoms with van der Waals surface area (Å²) < 4.78 is 49.2. The van der Waals surface area contributed by atoms with Crippen LogP contribution in [0.5, 0.6) is 5.75 Å². The van der Waals surface area contributed by atoms with Crippen LogP contribution in [0.3, 0.4) is 0 Å². The standard InChI is InChI=1S/C26H22ClF3N4O4/c1-13-10-32-21(33-6-5-16(29)22(24(33)35)26(3,4)37)9-19(13)34-14(2)7-20(23(27)25(34)36)38-12-18-17(30)8-15(28)11-31-18/h5-11,37H,12H2,1-4H3. The Morgan fingerprint density at radius 3 is 2.39 bits per heavy atom. The summed E-state index contributed by atoms with van der Waals surface area (Å²) in [6.07, 6.45) is 3.45. The Balaban J connectivity index is 1.77. The van der Waals surface area contributed by atoms with Crippen LogP contribution in [0.1, 0.15) is 36.4 Å². The van der Waals surface area contributed by atoms with Crippen molar-refractivity contribution in [1.29, 1.82) is 0 Å². The van der Waals surface area contributed by atoms with Gasteiger partial charge in [-0.15, -0.1) is 0 Å². The monoisotopic (exact) mass is 546 g/mol. The van der Waals surface area contributed by atoms with Crippen molar-refractivity contribution in [2.75, 3.05) is 0 Å². The average molecular weight is 547 g/mol. The van der Waals surface area contributed by atoms with Crippen LogP contribution in [-0.4, -0.2) is 24.2 Å². The second-order valence-electron chi connectivity index (χ2n) is 9.08. The highest BCUT2D eigenvalue weighted by Crippen LogP contribution is 2.26. The molecule has 4 aromatic heterocycles. The molecular weight excluding hydrogens is 525 g/mol. The fourth-order valence-corrected chi connectivity index (χ4v) is 4.10. The van der Waals surface area contributed by atoms with Crippen molar-refractivity contribution in [2.24, 2.45) is 0 Å². The van der Waals surface area contributed by atoms with Crippen LogP contribution in [0.25, 0.3) is 11.5 Å². The zero-order valence-electron chi connectivity index (χ0n) is 20.7. The Kier molecular flexibility index (Phi) is 7.18. The molecule has 12 heteroatoms. The number of ether oxygens (including phenoxy) is 1. The van der Waals surface area contributed by atoms with Crippen LogP contribution in [0.4, 0.5) is 13.2 Å². The summed E-state index contributed by atoms with van der Waals surface area (Å²) in [5.74, 6) is -2.57. The van der Waals surface area contributed by atoms with E-state index in [2.05, 4.69) is 9.97 Å². The van der Waals surface area contributed by atoms with Crippen molar-refractivity contribution < 1.29 is 23.0 Å². The fraction of sp³-hybridized carbons (Fsp3) is 0.231. The van der Waals surface area contributed by atoms with E-state index in [-0.39, 0.29) is 22.3 Å². The predicted molar refractivity (Wildman–Crippen MR) is 134 cm³/mol. The number of aromatic nitrogens is 4. The van der Waals surface area contributed by atoms with Gasteiger partial charge in [-0.05, 0) is 39.3 Å². The Bertz CT molecular complexity index is 1680. The lowest BCUT2D eigenvalue weighted by atomic mass is 9.99. The molecule has 0 aliphatic heterocycles. The summed E-state index contributed by atoms with van der Waals surface area (Å²) in [6.45, 7) is 5.48. The molecule has 38 heavy (non-hydrogen) atoms. The number of hydrogen-bond acceptors (Lipinski definition) is 6. The van der Waals surface area contributed by atoms with Gasteiger partial charge in [0.05, 0.1) is 23.0 Å². The Morgan fingerprint density at radius 1 is 1.03 bits per heavy atom. The molecule has 0 fully saturated rings. The van der Waals surface area contributed by atoms with Gasteiger partial charge in [0, 0.05) is 36.3 Å². The molecule has 4 aromatic rings. The summed E-state index contributed by atoms with van der Waals surface area (Å²) in [5.41, 5.74) is -2.57. The van der Waals surface area contributed by atoms with Gasteiger partial charge in [-0.2, -0.15) is 0 Å². The van der Waals surface area contributed by atoms with Crippen LogP contribution in [0.15, 0.2) is 52.4 Å². The Morgan fingerprint density at radius 2 is 1.74 bits per heavy atom. The summed E-state index contributed by atoms with van der Waals surface area (Å²) >= 11 is 6.30. The fourth-order valence-electron chi connectivity index (χ4n) is 3.90. The van der Waals surface area contributed by atoms with E-state index < -0.39 is 46.3 Å². The van der Waals surface area contributed by atoms with E-state index in [0.717, 1.165) is 16.8 Å². The summed E-state index contributed by atoms with van der Waals surface area (Å²) in [5, 5.41) is 9.98. The molecule has 0 saturated heterocycles. The minimum Gasteiger partial charge on any atom is -0.485 e. The third-order valence-electron chi connectivity index (χ3n) is 5.75. The molecule has 0 unspecified atom stereocenters. The van der Waals surface area contributed by atoms with Gasteiger partial charge >= 0.3 is 0 Å². The maximum atomic E-state index is 14.3. The number of pyridine rings is 4. The van der Waals surface area contributed by atoms with Crippen LogP contribution in [-0.2, 0) is 12.2 Å². The number of aryl methyl sites for hydroxylation is 2. The van der Waals surface area contributed by atoms with Gasteiger partial charge in [0.15, 0.2) is 5.82 Å². The van der Waals surface area contributed by atoms with Crippen LogP contribution < -0.4 is 15.9 Å². The maximum absolute atomic E-state index is 14.3. The number of rotatable bonds is 6. The van der Waals surface area contributed by atoms with Gasteiger partial charge in [-0.1, -0.05) is 11.6 Å². The van der Waals surface area contributed by atoms with Gasteiger partial charge < -0.3 is 9.84 Å². The van der Waals surface area contributed by atoms with Crippen molar-refractivity contribution in [3.05, 3.63) is 109 Å². The van der Waals surface area contributed by atoms with Crippen LogP contribution in [0, 0.1) is 31.3 Å². The topological polar surface area (TPSA) is 99.2 Å². The Labute approximate surface area is 219 Å². The van der Waals surface area contributed by atoms with Gasteiger partial charge in [0.2, 0.25) is 0 Å². The highest BCUT2D eigenvalue weighted by Gasteiger charge is 2.26. The zero-order valence-corrected chi connectivity index (χ0v) is 21.5. The van der Waals surface area contributed by atoms with Crippen molar-refractivity contribution in [3.8, 4) is 17.3 Å². The smallest absolute Gasteiger partial charge is 0.277 e. The van der Waals surface area contributed by atoms with Crippen LogP contribution in [0.2, 0.25) is 5.02 Å². The molecule has 0 amide bonds. The molecule has 0 spiro atoms. The van der Waals surface area contributed by atoms with E-state index in [0.29, 0.717) is 23.0 Å². The zero-order chi connectivity index (χ0) is 27.9. The first-order valence-electron chi connectivity index (χ1n) is 11.3. The van der Waals surface area contributed by atoms with Crippen molar-refractivity contribution in [2.45, 2.75) is 39.9 Å². The molecular formula is C26H22ClF3N4O4. The first-order chi connectivity index (χ1) is 17.8. The first-order valence-corrected chi connectivity index (χ1v) is 11.6. The van der Waals surface area contributed by atoms with E-state index in [1.807, 2.05) is 0 Å². The van der Waals surface area contributed by atoms with Gasteiger partial charge in [-0.3, -0.25) is 23.7 Å². The molecule has 198 valence electrons. The molecule has 1 N–H and O–H groups in total. The number of nitrogens with zero attached hydrogens (tertiary/aromatic N) is 4. The van der Waals surface area contributed by atoms with Gasteiger partial charge in [-0.25, -0.2) is 18.2 Å². The first kappa shape index (κ1) is 27.1. The largest absolute Gasteiger partial charge is 0.485 e. The third kappa shape index (κ3) is 5.07. The van der Waals surface area contributed by atoms with Gasteiger partial charge in [0.1, 0.15) is 40.5 Å². The molecule has 4 rings (SSSR count).